The van der Waals surface area contributed by atoms with Crippen LogP contribution < -0.4 is 9.13 Å². The Morgan fingerprint density at radius 3 is 1.37 bits per heavy atom. The van der Waals surface area contributed by atoms with Crippen molar-refractivity contribution in [3.8, 4) is 22.5 Å². The normalized spacial score (nSPS) is 10.7. The zero-order chi connectivity index (χ0) is 26.7. The molecule has 2 aromatic heterocycles. The topological polar surface area (TPSA) is 60.4 Å². The first-order valence-corrected chi connectivity index (χ1v) is 13.2. The molecular weight excluding hydrogens is 476 g/mol. The summed E-state index contributed by atoms with van der Waals surface area (Å²) in [4.78, 5) is 24.6. The molecule has 0 saturated heterocycles. The van der Waals surface area contributed by atoms with Crippen molar-refractivity contribution in [3.05, 3.63) is 109 Å². The first-order chi connectivity index (χ1) is 18.6. The number of benzene rings is 2. The summed E-state index contributed by atoms with van der Waals surface area (Å²) in [5.41, 5.74) is 5.00. The van der Waals surface area contributed by atoms with Crippen LogP contribution in [0.15, 0.2) is 97.6 Å². The van der Waals surface area contributed by atoms with E-state index in [4.69, 9.17) is 9.47 Å². The molecule has 0 N–H and O–H groups in total. The molecule has 6 nitrogen and oxygen atoms in total. The highest BCUT2D eigenvalue weighted by atomic mass is 16.5. The Labute approximate surface area is 224 Å². The number of hydrogen-bond acceptors (Lipinski definition) is 4. The van der Waals surface area contributed by atoms with Gasteiger partial charge < -0.3 is 9.47 Å². The van der Waals surface area contributed by atoms with Crippen molar-refractivity contribution in [2.75, 3.05) is 13.2 Å². The molecule has 0 atom stereocenters. The van der Waals surface area contributed by atoms with E-state index < -0.39 is 0 Å². The van der Waals surface area contributed by atoms with Gasteiger partial charge in [-0.3, -0.25) is 0 Å². The van der Waals surface area contributed by atoms with Crippen LogP contribution in [0.2, 0.25) is 0 Å². The van der Waals surface area contributed by atoms with E-state index in [1.165, 1.54) is 0 Å². The van der Waals surface area contributed by atoms with Crippen molar-refractivity contribution in [1.29, 1.82) is 0 Å². The van der Waals surface area contributed by atoms with Crippen LogP contribution in [0.1, 0.15) is 60.2 Å². The van der Waals surface area contributed by atoms with E-state index in [1.54, 1.807) is 12.1 Å². The summed E-state index contributed by atoms with van der Waals surface area (Å²) in [5.74, 6) is -0.594. The fraction of sp³-hybridized carbons (Fsp3) is 0.250. The lowest BCUT2D eigenvalue weighted by atomic mass is 10.1. The van der Waals surface area contributed by atoms with Crippen molar-refractivity contribution < 1.29 is 28.2 Å². The lowest BCUT2D eigenvalue weighted by molar-refractivity contribution is -0.596. The van der Waals surface area contributed by atoms with E-state index in [0.29, 0.717) is 24.3 Å². The fourth-order valence-electron chi connectivity index (χ4n) is 3.95. The maximum atomic E-state index is 12.3. The van der Waals surface area contributed by atoms with Gasteiger partial charge in [-0.05, 0) is 36.1 Å². The van der Waals surface area contributed by atoms with Crippen LogP contribution in [0.5, 0.6) is 0 Å². The molecule has 0 saturated carbocycles. The maximum absolute atomic E-state index is 12.3. The van der Waals surface area contributed by atoms with Crippen LogP contribution in [0.25, 0.3) is 22.5 Å². The predicted molar refractivity (Wildman–Crippen MR) is 145 cm³/mol. The number of carbonyl (C=O) groups excluding carboxylic acids is 2. The molecule has 0 aliphatic rings. The first kappa shape index (κ1) is 26.7. The number of nitrogens with zero attached hydrogens (tertiary/aromatic N) is 2. The number of hydrogen-bond donors (Lipinski definition) is 0. The third-order valence-corrected chi connectivity index (χ3v) is 6.21. The standard InChI is InChI=1S/C32H34N2O4/c1-3-5-21-37-31(35)27-9-7-11-29(23-27)33-17-13-25(14-18-33)26-15-19-34(20-16-26)30-12-8-10-28(24-30)32(36)38-22-6-4-2/h7-20,23-24H,3-6,21-22H2,1-2H3/q+2. The van der Waals surface area contributed by atoms with Crippen LogP contribution in [-0.4, -0.2) is 25.2 Å². The van der Waals surface area contributed by atoms with Crippen LogP contribution in [0.3, 0.4) is 0 Å². The summed E-state index contributed by atoms with van der Waals surface area (Å²) in [6.07, 6.45) is 11.6. The van der Waals surface area contributed by atoms with Gasteiger partial charge in [0.05, 0.1) is 24.3 Å². The van der Waals surface area contributed by atoms with E-state index in [-0.39, 0.29) is 11.9 Å². The Morgan fingerprint density at radius 1 is 0.605 bits per heavy atom. The molecular formula is C32H34N2O4+2. The summed E-state index contributed by atoms with van der Waals surface area (Å²) in [6, 6.07) is 23.0. The monoisotopic (exact) mass is 510 g/mol. The quantitative estimate of drug-likeness (QED) is 0.145. The van der Waals surface area contributed by atoms with Gasteiger partial charge in [-0.2, -0.15) is 9.13 Å². The fourth-order valence-corrected chi connectivity index (χ4v) is 3.95. The average molecular weight is 511 g/mol. The molecule has 4 aromatic rings. The Kier molecular flexibility index (Phi) is 9.35. The summed E-state index contributed by atoms with van der Waals surface area (Å²) in [6.45, 7) is 5.01. The molecule has 0 fully saturated rings. The molecule has 0 radical (unpaired) electrons. The minimum atomic E-state index is -0.297. The minimum Gasteiger partial charge on any atom is -0.462 e. The van der Waals surface area contributed by atoms with Crippen molar-refractivity contribution in [2.45, 2.75) is 39.5 Å². The molecule has 0 spiro atoms. The first-order valence-electron chi connectivity index (χ1n) is 13.2. The van der Waals surface area contributed by atoms with Crippen LogP contribution >= 0.6 is 0 Å². The summed E-state index contributed by atoms with van der Waals surface area (Å²) < 4.78 is 14.6. The smallest absolute Gasteiger partial charge is 0.338 e. The van der Waals surface area contributed by atoms with Gasteiger partial charge in [0, 0.05) is 48.5 Å². The van der Waals surface area contributed by atoms with E-state index in [2.05, 4.69) is 13.8 Å². The second kappa shape index (κ2) is 13.3. The lowest BCUT2D eigenvalue weighted by Gasteiger charge is -2.05. The molecule has 194 valence electrons. The number of rotatable bonds is 11. The van der Waals surface area contributed by atoms with Gasteiger partial charge in [0.15, 0.2) is 24.8 Å². The van der Waals surface area contributed by atoms with Crippen molar-refractivity contribution in [2.24, 2.45) is 0 Å². The second-order valence-electron chi connectivity index (χ2n) is 9.07. The second-order valence-corrected chi connectivity index (χ2v) is 9.07. The SMILES string of the molecule is CCCCOC(=O)c1cccc(-[n+]2ccc(-c3cc[n+](-c4cccc(C(=O)OCCCC)c4)cc3)cc2)c1. The van der Waals surface area contributed by atoms with Crippen molar-refractivity contribution >= 4 is 11.9 Å². The number of esters is 2. The van der Waals surface area contributed by atoms with Gasteiger partial charge in [0.25, 0.3) is 0 Å². The lowest BCUT2D eigenvalue weighted by Crippen LogP contribution is -2.30. The van der Waals surface area contributed by atoms with Gasteiger partial charge in [0.2, 0.25) is 11.4 Å². The van der Waals surface area contributed by atoms with Crippen LogP contribution in [0, 0.1) is 0 Å². The largest absolute Gasteiger partial charge is 0.462 e. The van der Waals surface area contributed by atoms with Gasteiger partial charge in [-0.1, -0.05) is 38.8 Å². The Bertz CT molecular complexity index is 1260. The number of ether oxygens (including phenoxy) is 2. The highest BCUT2D eigenvalue weighted by Gasteiger charge is 2.15. The van der Waals surface area contributed by atoms with E-state index in [0.717, 1.165) is 48.2 Å². The van der Waals surface area contributed by atoms with Crippen LogP contribution in [0.4, 0.5) is 0 Å². The van der Waals surface area contributed by atoms with Gasteiger partial charge in [-0.25, -0.2) is 9.59 Å². The highest BCUT2D eigenvalue weighted by molar-refractivity contribution is 5.90. The predicted octanol–water partition coefficient (Wildman–Crippen LogP) is 5.82. The molecule has 0 aliphatic carbocycles. The minimum absolute atomic E-state index is 0.297. The zero-order valence-electron chi connectivity index (χ0n) is 22.0. The van der Waals surface area contributed by atoms with Gasteiger partial charge in [-0.15, -0.1) is 0 Å². The third kappa shape index (κ3) is 6.91. The molecule has 4 rings (SSSR count). The number of aromatic nitrogens is 2. The number of pyridine rings is 2. The van der Waals surface area contributed by atoms with Crippen LogP contribution in [-0.2, 0) is 9.47 Å². The van der Waals surface area contributed by atoms with E-state index in [1.807, 2.05) is 94.6 Å². The van der Waals surface area contributed by atoms with E-state index >= 15 is 0 Å². The Hall–Kier alpha value is -4.32. The summed E-state index contributed by atoms with van der Waals surface area (Å²) >= 11 is 0. The summed E-state index contributed by atoms with van der Waals surface area (Å²) in [7, 11) is 0. The maximum Gasteiger partial charge on any atom is 0.338 e. The molecule has 0 unspecified atom stereocenters. The van der Waals surface area contributed by atoms with E-state index in [9.17, 15) is 9.59 Å². The zero-order valence-corrected chi connectivity index (χ0v) is 22.0. The third-order valence-electron chi connectivity index (χ3n) is 6.21. The molecule has 38 heavy (non-hydrogen) atoms. The molecule has 2 aromatic carbocycles. The number of carbonyl (C=O) groups is 2. The number of unbranched alkanes of at least 4 members (excludes halogenated alkanes) is 2. The average Bonchev–Trinajstić information content (AvgIpc) is 2.97. The Morgan fingerprint density at radius 2 is 1.00 bits per heavy atom. The van der Waals surface area contributed by atoms with Gasteiger partial charge in [0.1, 0.15) is 0 Å². The Balaban J connectivity index is 1.45. The molecule has 0 aliphatic heterocycles. The molecule has 0 bridgehead atoms. The molecule has 2 heterocycles. The van der Waals surface area contributed by atoms with Gasteiger partial charge >= 0.3 is 11.9 Å². The van der Waals surface area contributed by atoms with Crippen molar-refractivity contribution in [1.82, 2.24) is 0 Å². The molecule has 0 amide bonds. The summed E-state index contributed by atoms with van der Waals surface area (Å²) in [5, 5.41) is 0. The molecule has 6 heteroatoms. The van der Waals surface area contributed by atoms with Crippen molar-refractivity contribution in [3.63, 3.8) is 0 Å². The highest BCUT2D eigenvalue weighted by Crippen LogP contribution is 2.17.